The third-order valence-electron chi connectivity index (χ3n) is 2.34. The van der Waals surface area contributed by atoms with Crippen LogP contribution in [0.15, 0.2) is 12.1 Å². The summed E-state index contributed by atoms with van der Waals surface area (Å²) in [6.45, 7) is -0.660. The molecule has 0 saturated carbocycles. The molecule has 112 valence electrons. The summed E-state index contributed by atoms with van der Waals surface area (Å²) >= 11 is 0. The van der Waals surface area contributed by atoms with E-state index in [-0.39, 0.29) is 0 Å². The Labute approximate surface area is 114 Å². The van der Waals surface area contributed by atoms with Crippen LogP contribution in [0.3, 0.4) is 0 Å². The quantitative estimate of drug-likeness (QED) is 0.526. The molecule has 21 heavy (non-hydrogen) atoms. The fourth-order valence-corrected chi connectivity index (χ4v) is 1.54. The van der Waals surface area contributed by atoms with Crippen molar-refractivity contribution in [3.8, 4) is 0 Å². The Kier molecular flexibility index (Phi) is 4.61. The molecule has 0 atom stereocenters. The minimum atomic E-state index is -1.16. The molecule has 0 bridgehead atoms. The molecule has 13 nitrogen and oxygen atoms in total. The normalized spacial score (nSPS) is 9.90. The minimum Gasteiger partial charge on any atom is -0.314 e. The smallest absolute Gasteiger partial charge is 0.294 e. The average Bonchev–Trinajstić information content (AvgIpc) is 2.37. The second kappa shape index (κ2) is 6.18. The van der Waals surface area contributed by atoms with E-state index in [1.54, 1.807) is 0 Å². The van der Waals surface area contributed by atoms with E-state index in [0.29, 0.717) is 12.1 Å². The van der Waals surface area contributed by atoms with Gasteiger partial charge >= 0.3 is 0 Å². The zero-order valence-electron chi connectivity index (χ0n) is 10.0. The predicted octanol–water partition coefficient (Wildman–Crippen LogP) is 1.16. The van der Waals surface area contributed by atoms with Crippen molar-refractivity contribution in [1.29, 1.82) is 0 Å². The Morgan fingerprint density at radius 3 is 1.67 bits per heavy atom. The van der Waals surface area contributed by atoms with Crippen LogP contribution in [0.2, 0.25) is 0 Å². The summed E-state index contributed by atoms with van der Waals surface area (Å²) in [4.78, 5) is 43.2. The second-order valence-electron chi connectivity index (χ2n) is 3.54. The lowest BCUT2D eigenvalue weighted by Crippen LogP contribution is -2.09. The van der Waals surface area contributed by atoms with E-state index in [0.717, 1.165) is 0 Å². The van der Waals surface area contributed by atoms with Crippen molar-refractivity contribution in [2.24, 2.45) is 0 Å². The second-order valence-corrected chi connectivity index (χ2v) is 3.54. The molecule has 0 aliphatic carbocycles. The van der Waals surface area contributed by atoms with Crippen LogP contribution in [0.4, 0.5) is 17.1 Å². The third-order valence-corrected chi connectivity index (χ3v) is 2.34. The SMILES string of the molecule is O=[N+]([O-])OCCc1c([N+](=O)[O-])cc([N+](=O)[O-])cc1[N+](=O)[O-]. The van der Waals surface area contributed by atoms with E-state index in [1.165, 1.54) is 0 Å². The first-order valence-electron chi connectivity index (χ1n) is 5.11. The zero-order chi connectivity index (χ0) is 16.2. The first kappa shape index (κ1) is 15.7. The number of benzene rings is 1. The van der Waals surface area contributed by atoms with Crippen LogP contribution in [0, 0.1) is 40.5 Å². The van der Waals surface area contributed by atoms with E-state index < -0.39 is 55.5 Å². The number of hydrogen-bond acceptors (Lipinski definition) is 9. The Morgan fingerprint density at radius 2 is 1.33 bits per heavy atom. The van der Waals surface area contributed by atoms with Crippen LogP contribution in [0.1, 0.15) is 5.56 Å². The van der Waals surface area contributed by atoms with Gasteiger partial charge < -0.3 is 4.84 Å². The minimum absolute atomic E-state index is 0.488. The van der Waals surface area contributed by atoms with Crippen LogP contribution >= 0.6 is 0 Å². The molecular weight excluding hydrogens is 296 g/mol. The van der Waals surface area contributed by atoms with E-state index in [1.807, 2.05) is 0 Å². The molecule has 0 spiro atoms. The number of nitro benzene ring substituents is 3. The first-order chi connectivity index (χ1) is 9.73. The van der Waals surface area contributed by atoms with Gasteiger partial charge in [-0.05, 0) is 0 Å². The van der Waals surface area contributed by atoms with Gasteiger partial charge in [0.15, 0.2) is 0 Å². The van der Waals surface area contributed by atoms with Crippen molar-refractivity contribution >= 4 is 17.1 Å². The predicted molar refractivity (Wildman–Crippen MR) is 63.1 cm³/mol. The number of non-ortho nitro benzene ring substituents is 1. The first-order valence-corrected chi connectivity index (χ1v) is 5.11. The molecule has 0 fully saturated rings. The standard InChI is InChI=1S/C8H6N4O9/c13-9(14)5-3-7(10(15)16)6(1-2-21-12(19)20)8(4-5)11(17)18/h3-4H,1-2H2. The Morgan fingerprint density at radius 1 is 0.857 bits per heavy atom. The van der Waals surface area contributed by atoms with Gasteiger partial charge in [-0.15, -0.1) is 10.1 Å². The van der Waals surface area contributed by atoms with Crippen LogP contribution < -0.4 is 0 Å². The van der Waals surface area contributed by atoms with Gasteiger partial charge in [0.25, 0.3) is 22.1 Å². The van der Waals surface area contributed by atoms with Gasteiger partial charge in [-0.3, -0.25) is 30.3 Å². The molecule has 0 radical (unpaired) electrons. The van der Waals surface area contributed by atoms with E-state index >= 15 is 0 Å². The molecule has 13 heteroatoms. The van der Waals surface area contributed by atoms with Gasteiger partial charge in [0.2, 0.25) is 0 Å². The molecule has 0 amide bonds. The summed E-state index contributed by atoms with van der Waals surface area (Å²) in [7, 11) is 0. The topological polar surface area (TPSA) is 182 Å². The maximum Gasteiger partial charge on any atom is 0.294 e. The van der Waals surface area contributed by atoms with E-state index in [4.69, 9.17) is 0 Å². The van der Waals surface area contributed by atoms with Crippen molar-refractivity contribution in [3.05, 3.63) is 58.2 Å². The van der Waals surface area contributed by atoms with Crippen LogP contribution in [-0.4, -0.2) is 26.5 Å². The summed E-state index contributed by atoms with van der Waals surface area (Å²) < 4.78 is 0. The van der Waals surface area contributed by atoms with Crippen LogP contribution in [0.25, 0.3) is 0 Å². The summed E-state index contributed by atoms with van der Waals surface area (Å²) in [6.07, 6.45) is -0.522. The monoisotopic (exact) mass is 302 g/mol. The highest BCUT2D eigenvalue weighted by Gasteiger charge is 2.30. The fourth-order valence-electron chi connectivity index (χ4n) is 1.54. The van der Waals surface area contributed by atoms with Crippen molar-refractivity contribution in [1.82, 2.24) is 0 Å². The van der Waals surface area contributed by atoms with Gasteiger partial charge in [-0.1, -0.05) is 0 Å². The molecule has 1 aromatic carbocycles. The number of nitro groups is 3. The summed E-state index contributed by atoms with van der Waals surface area (Å²) in [5, 5.41) is 41.2. The summed E-state index contributed by atoms with van der Waals surface area (Å²) in [5.74, 6) is 0. The number of hydrogen-bond donors (Lipinski definition) is 0. The molecular formula is C8H6N4O9. The molecule has 0 saturated heterocycles. The molecule has 0 heterocycles. The fraction of sp³-hybridized carbons (Fsp3) is 0.250. The lowest BCUT2D eigenvalue weighted by Gasteiger charge is -2.04. The van der Waals surface area contributed by atoms with Crippen molar-refractivity contribution < 1.29 is 24.7 Å². The van der Waals surface area contributed by atoms with Crippen LogP contribution in [-0.2, 0) is 11.3 Å². The maximum atomic E-state index is 10.9. The molecule has 1 rings (SSSR count). The highest BCUT2D eigenvalue weighted by molar-refractivity contribution is 5.60. The number of rotatable bonds is 7. The van der Waals surface area contributed by atoms with E-state index in [2.05, 4.69) is 4.84 Å². The van der Waals surface area contributed by atoms with Crippen molar-refractivity contribution in [3.63, 3.8) is 0 Å². The number of nitrogens with zero attached hydrogens (tertiary/aromatic N) is 4. The molecule has 0 aliphatic rings. The highest BCUT2D eigenvalue weighted by atomic mass is 16.9. The van der Waals surface area contributed by atoms with Gasteiger partial charge in [-0.2, -0.15) is 0 Å². The lowest BCUT2D eigenvalue weighted by molar-refractivity contribution is -0.757. The van der Waals surface area contributed by atoms with E-state index in [9.17, 15) is 40.5 Å². The molecule has 0 aliphatic heterocycles. The maximum absolute atomic E-state index is 10.9. The lowest BCUT2D eigenvalue weighted by atomic mass is 10.1. The zero-order valence-corrected chi connectivity index (χ0v) is 10.0. The highest BCUT2D eigenvalue weighted by Crippen LogP contribution is 2.33. The molecule has 0 unspecified atom stereocenters. The average molecular weight is 302 g/mol. The largest absolute Gasteiger partial charge is 0.314 e. The molecule has 1 aromatic rings. The van der Waals surface area contributed by atoms with Gasteiger partial charge in [0.05, 0.1) is 26.9 Å². The Balaban J connectivity index is 3.35. The van der Waals surface area contributed by atoms with Crippen molar-refractivity contribution in [2.75, 3.05) is 6.61 Å². The van der Waals surface area contributed by atoms with Crippen LogP contribution in [0.5, 0.6) is 0 Å². The molecule has 0 N–H and O–H groups in total. The van der Waals surface area contributed by atoms with Gasteiger partial charge in [0.1, 0.15) is 12.2 Å². The third kappa shape index (κ3) is 3.79. The summed E-state index contributed by atoms with van der Waals surface area (Å²) in [6, 6.07) is 1.10. The summed E-state index contributed by atoms with van der Waals surface area (Å²) in [5.41, 5.74) is -3.06. The molecule has 0 aromatic heterocycles. The van der Waals surface area contributed by atoms with Gasteiger partial charge in [0, 0.05) is 6.42 Å². The van der Waals surface area contributed by atoms with Crippen molar-refractivity contribution in [2.45, 2.75) is 6.42 Å². The van der Waals surface area contributed by atoms with Gasteiger partial charge in [-0.25, -0.2) is 0 Å². The Hall–Kier alpha value is -3.38. The Bertz CT molecular complexity index is 593.